The van der Waals surface area contributed by atoms with Gasteiger partial charge in [0.25, 0.3) is 0 Å². The fraction of sp³-hybridized carbons (Fsp3) is 0.429. The summed E-state index contributed by atoms with van der Waals surface area (Å²) in [4.78, 5) is 23.4. The molecule has 0 aliphatic carbocycles. The molecule has 0 aliphatic heterocycles. The van der Waals surface area contributed by atoms with E-state index in [1.807, 2.05) is 24.3 Å². The van der Waals surface area contributed by atoms with E-state index in [2.05, 4.69) is 21.2 Å². The number of nitrogens with one attached hydrogen (secondary N) is 1. The van der Waals surface area contributed by atoms with Gasteiger partial charge in [0.15, 0.2) is 6.04 Å². The Kier molecular flexibility index (Phi) is 5.71. The number of ether oxygens (including phenoxy) is 1. The molecule has 0 bridgehead atoms. The molecule has 1 unspecified atom stereocenters. The summed E-state index contributed by atoms with van der Waals surface area (Å²) in [6.45, 7) is 3.42. The van der Waals surface area contributed by atoms with E-state index in [1.54, 1.807) is 13.8 Å². The van der Waals surface area contributed by atoms with Crippen LogP contribution in [0.4, 0.5) is 0 Å². The first kappa shape index (κ1) is 16.7. The van der Waals surface area contributed by atoms with Crippen molar-refractivity contribution in [1.29, 1.82) is 0 Å². The smallest absolute Gasteiger partial charge is 0.328 e. The molecule has 5 nitrogen and oxygen atoms in total. The van der Waals surface area contributed by atoms with E-state index in [1.165, 1.54) is 7.11 Å². The number of hydrogen-bond donors (Lipinski definition) is 2. The van der Waals surface area contributed by atoms with Crippen LogP contribution in [0.2, 0.25) is 0 Å². The van der Waals surface area contributed by atoms with Gasteiger partial charge in [-0.05, 0) is 31.5 Å². The molecule has 0 fully saturated rings. The van der Waals surface area contributed by atoms with Crippen LogP contribution in [0.25, 0.3) is 0 Å². The molecule has 0 saturated heterocycles. The van der Waals surface area contributed by atoms with Gasteiger partial charge in [0.2, 0.25) is 5.91 Å². The first-order valence-electron chi connectivity index (χ1n) is 6.07. The van der Waals surface area contributed by atoms with Crippen molar-refractivity contribution in [2.75, 3.05) is 13.7 Å². The third-order valence-electron chi connectivity index (χ3n) is 3.05. The van der Waals surface area contributed by atoms with E-state index in [-0.39, 0.29) is 12.5 Å². The van der Waals surface area contributed by atoms with Crippen LogP contribution in [-0.4, -0.2) is 36.7 Å². The van der Waals surface area contributed by atoms with Gasteiger partial charge in [-0.25, -0.2) is 4.79 Å². The molecular weight excluding hydrogens is 326 g/mol. The Morgan fingerprint density at radius 1 is 1.45 bits per heavy atom. The second-order valence-electron chi connectivity index (χ2n) is 4.95. The SMILES string of the molecule is COCC(NC(=O)C(C)(C)c1cccc(Br)c1)C(=O)O. The Bertz CT molecular complexity index is 502. The molecule has 0 saturated carbocycles. The van der Waals surface area contributed by atoms with Crippen LogP contribution in [0.15, 0.2) is 28.7 Å². The van der Waals surface area contributed by atoms with Crippen molar-refractivity contribution in [2.45, 2.75) is 25.3 Å². The molecule has 1 aromatic carbocycles. The highest BCUT2D eigenvalue weighted by atomic mass is 79.9. The fourth-order valence-corrected chi connectivity index (χ4v) is 2.09. The second kappa shape index (κ2) is 6.85. The standard InChI is InChI=1S/C14H18BrNO4/c1-14(2,9-5-4-6-10(15)7-9)13(19)16-11(8-20-3)12(17)18/h4-7,11H,8H2,1-3H3,(H,16,19)(H,17,18). The van der Waals surface area contributed by atoms with E-state index in [9.17, 15) is 9.59 Å². The van der Waals surface area contributed by atoms with Crippen molar-refractivity contribution in [1.82, 2.24) is 5.32 Å². The first-order chi connectivity index (χ1) is 9.28. The van der Waals surface area contributed by atoms with Crippen molar-refractivity contribution in [3.05, 3.63) is 34.3 Å². The average Bonchev–Trinajstić information content (AvgIpc) is 2.37. The maximum Gasteiger partial charge on any atom is 0.328 e. The predicted octanol–water partition coefficient (Wildman–Crippen LogP) is 1.94. The number of methoxy groups -OCH3 is 1. The molecule has 1 aromatic rings. The summed E-state index contributed by atoms with van der Waals surface area (Å²) >= 11 is 3.36. The van der Waals surface area contributed by atoms with Crippen molar-refractivity contribution < 1.29 is 19.4 Å². The molecule has 0 aromatic heterocycles. The van der Waals surface area contributed by atoms with Gasteiger partial charge >= 0.3 is 5.97 Å². The largest absolute Gasteiger partial charge is 0.480 e. The van der Waals surface area contributed by atoms with Gasteiger partial charge in [-0.1, -0.05) is 28.1 Å². The van der Waals surface area contributed by atoms with Gasteiger partial charge in [-0.2, -0.15) is 0 Å². The molecule has 0 aliphatic rings. The topological polar surface area (TPSA) is 75.6 Å². The number of amides is 1. The maximum absolute atomic E-state index is 12.3. The monoisotopic (exact) mass is 343 g/mol. The molecule has 1 rings (SSSR count). The lowest BCUT2D eigenvalue weighted by Gasteiger charge is -2.26. The number of carbonyl (C=O) groups excluding carboxylic acids is 1. The quantitative estimate of drug-likeness (QED) is 0.827. The van der Waals surface area contributed by atoms with Crippen LogP contribution in [0, 0.1) is 0 Å². The second-order valence-corrected chi connectivity index (χ2v) is 5.87. The first-order valence-corrected chi connectivity index (χ1v) is 6.87. The molecule has 0 heterocycles. The predicted molar refractivity (Wildman–Crippen MR) is 78.6 cm³/mol. The molecular formula is C14H18BrNO4. The van der Waals surface area contributed by atoms with Crippen LogP contribution >= 0.6 is 15.9 Å². The molecule has 6 heteroatoms. The lowest BCUT2D eigenvalue weighted by molar-refractivity contribution is -0.144. The van der Waals surface area contributed by atoms with Crippen molar-refractivity contribution in [3.8, 4) is 0 Å². The molecule has 2 N–H and O–H groups in total. The Hall–Kier alpha value is -1.40. The highest BCUT2D eigenvalue weighted by Crippen LogP contribution is 2.26. The number of hydrogen-bond acceptors (Lipinski definition) is 3. The van der Waals surface area contributed by atoms with E-state index >= 15 is 0 Å². The summed E-state index contributed by atoms with van der Waals surface area (Å²) in [5.41, 5.74) is -0.0449. The molecule has 20 heavy (non-hydrogen) atoms. The number of benzene rings is 1. The summed E-state index contributed by atoms with van der Waals surface area (Å²) in [7, 11) is 1.39. The minimum Gasteiger partial charge on any atom is -0.480 e. The average molecular weight is 344 g/mol. The maximum atomic E-state index is 12.3. The highest BCUT2D eigenvalue weighted by molar-refractivity contribution is 9.10. The summed E-state index contributed by atoms with van der Waals surface area (Å²) in [5.74, 6) is -1.48. The number of halogens is 1. The highest BCUT2D eigenvalue weighted by Gasteiger charge is 2.33. The number of carboxylic acids is 1. The summed E-state index contributed by atoms with van der Waals surface area (Å²) in [6.07, 6.45) is 0. The Labute approximate surface area is 126 Å². The summed E-state index contributed by atoms with van der Waals surface area (Å²) in [6, 6.07) is 6.31. The molecule has 0 radical (unpaired) electrons. The van der Waals surface area contributed by atoms with Crippen LogP contribution in [0.3, 0.4) is 0 Å². The lowest BCUT2D eigenvalue weighted by Crippen LogP contribution is -2.50. The minimum absolute atomic E-state index is 0.0738. The van der Waals surface area contributed by atoms with E-state index in [0.717, 1.165) is 10.0 Å². The van der Waals surface area contributed by atoms with Crippen molar-refractivity contribution in [3.63, 3.8) is 0 Å². The molecule has 110 valence electrons. The third kappa shape index (κ3) is 4.05. The van der Waals surface area contributed by atoms with E-state index in [4.69, 9.17) is 9.84 Å². The zero-order chi connectivity index (χ0) is 15.3. The minimum atomic E-state index is -1.12. The lowest BCUT2D eigenvalue weighted by atomic mass is 9.83. The third-order valence-corrected chi connectivity index (χ3v) is 3.54. The Balaban J connectivity index is 2.91. The number of aliphatic carboxylic acids is 1. The molecule has 0 spiro atoms. The van der Waals surface area contributed by atoms with E-state index < -0.39 is 17.4 Å². The molecule has 1 atom stereocenters. The van der Waals surface area contributed by atoms with Gasteiger partial charge in [0.05, 0.1) is 12.0 Å². The normalized spacial score (nSPS) is 12.8. The van der Waals surface area contributed by atoms with Gasteiger partial charge in [0.1, 0.15) is 0 Å². The van der Waals surface area contributed by atoms with Crippen LogP contribution in [0.1, 0.15) is 19.4 Å². The van der Waals surface area contributed by atoms with Gasteiger partial charge in [-0.3, -0.25) is 4.79 Å². The summed E-state index contributed by atoms with van der Waals surface area (Å²) in [5, 5.41) is 11.5. The number of rotatable bonds is 6. The number of carbonyl (C=O) groups is 2. The summed E-state index contributed by atoms with van der Waals surface area (Å²) < 4.78 is 5.66. The van der Waals surface area contributed by atoms with E-state index in [0.29, 0.717) is 0 Å². The van der Waals surface area contributed by atoms with Crippen LogP contribution in [-0.2, 0) is 19.7 Å². The van der Waals surface area contributed by atoms with Crippen molar-refractivity contribution >= 4 is 27.8 Å². The fourth-order valence-electron chi connectivity index (χ4n) is 1.69. The molecule has 1 amide bonds. The van der Waals surface area contributed by atoms with Crippen LogP contribution in [0.5, 0.6) is 0 Å². The van der Waals surface area contributed by atoms with Crippen LogP contribution < -0.4 is 5.32 Å². The van der Waals surface area contributed by atoms with Gasteiger partial charge in [-0.15, -0.1) is 0 Å². The Morgan fingerprint density at radius 3 is 2.60 bits per heavy atom. The zero-order valence-electron chi connectivity index (χ0n) is 11.6. The van der Waals surface area contributed by atoms with Crippen molar-refractivity contribution in [2.24, 2.45) is 0 Å². The van der Waals surface area contributed by atoms with Gasteiger partial charge < -0.3 is 15.2 Å². The van der Waals surface area contributed by atoms with Gasteiger partial charge in [0, 0.05) is 11.6 Å². The Morgan fingerprint density at radius 2 is 2.10 bits per heavy atom. The number of carboxylic acid groups (broad SMARTS) is 1. The zero-order valence-corrected chi connectivity index (χ0v) is 13.2.